The van der Waals surface area contributed by atoms with E-state index in [-0.39, 0.29) is 11.3 Å². The first-order chi connectivity index (χ1) is 10.7. The van der Waals surface area contributed by atoms with Crippen molar-refractivity contribution in [2.75, 3.05) is 6.54 Å². The Kier molecular flexibility index (Phi) is 4.12. The number of nitro benzene ring substituents is 1. The summed E-state index contributed by atoms with van der Waals surface area (Å²) < 4.78 is 0. The Morgan fingerprint density at radius 2 is 1.87 bits per heavy atom. The number of carboxylic acid groups (broad SMARTS) is 1. The molecule has 1 aromatic rings. The number of Topliss-reactive ketones (excluding diaryl/α,β-unsaturated/α-hetero) is 1. The number of carbonyl (C=O) groups is 3. The molecule has 0 spiro atoms. The van der Waals surface area contributed by atoms with Crippen molar-refractivity contribution in [2.24, 2.45) is 0 Å². The minimum Gasteiger partial charge on any atom is -0.503 e. The van der Waals surface area contributed by atoms with Crippen LogP contribution in [-0.2, 0) is 14.4 Å². The molecule has 1 amide bonds. The van der Waals surface area contributed by atoms with Gasteiger partial charge in [0.25, 0.3) is 11.6 Å². The number of aliphatic carboxylic acids is 1. The van der Waals surface area contributed by atoms with Crippen LogP contribution in [0.5, 0.6) is 0 Å². The van der Waals surface area contributed by atoms with E-state index in [1.54, 1.807) is 0 Å². The fourth-order valence-electron chi connectivity index (χ4n) is 2.45. The molecule has 9 nitrogen and oxygen atoms in total. The number of amides is 1. The molecule has 0 unspecified atom stereocenters. The number of hydrogen-bond acceptors (Lipinski definition) is 6. The van der Waals surface area contributed by atoms with Crippen molar-refractivity contribution in [1.82, 2.24) is 4.90 Å². The Bertz CT molecular complexity index is 736. The number of non-ortho nitro benzene ring substituents is 1. The van der Waals surface area contributed by atoms with Gasteiger partial charge in [-0.1, -0.05) is 0 Å². The maximum absolute atomic E-state index is 12.0. The standard InChI is InChI=1S/C14H12N2O7/c1-7(17)11-12(8-2-4-9(5-3-8)16(22)23)15(6-10(18)19)14(21)13(11)20/h2-5,12,20H,6H2,1H3,(H,18,19)/t12-/m0/s1. The van der Waals surface area contributed by atoms with Crippen LogP contribution in [0.4, 0.5) is 5.69 Å². The highest BCUT2D eigenvalue weighted by atomic mass is 16.6. The van der Waals surface area contributed by atoms with Crippen LogP contribution in [0.3, 0.4) is 0 Å². The molecule has 9 heteroatoms. The molecular weight excluding hydrogens is 308 g/mol. The van der Waals surface area contributed by atoms with Gasteiger partial charge in [-0.3, -0.25) is 24.5 Å². The van der Waals surface area contributed by atoms with E-state index in [0.717, 1.165) is 11.8 Å². The maximum atomic E-state index is 12.0. The Morgan fingerprint density at radius 1 is 1.30 bits per heavy atom. The maximum Gasteiger partial charge on any atom is 0.323 e. The SMILES string of the molecule is CC(=O)C1=C(O)C(=O)N(CC(=O)O)[C@H]1c1ccc([N+](=O)[O-])cc1. The summed E-state index contributed by atoms with van der Waals surface area (Å²) >= 11 is 0. The number of nitro groups is 1. The average molecular weight is 320 g/mol. The van der Waals surface area contributed by atoms with E-state index in [1.165, 1.54) is 24.3 Å². The van der Waals surface area contributed by atoms with E-state index >= 15 is 0 Å². The van der Waals surface area contributed by atoms with Crippen LogP contribution < -0.4 is 0 Å². The van der Waals surface area contributed by atoms with Crippen LogP contribution >= 0.6 is 0 Å². The molecule has 23 heavy (non-hydrogen) atoms. The largest absolute Gasteiger partial charge is 0.503 e. The first kappa shape index (κ1) is 16.1. The van der Waals surface area contributed by atoms with Crippen LogP contribution in [-0.4, -0.2) is 44.2 Å². The van der Waals surface area contributed by atoms with Crippen molar-refractivity contribution in [1.29, 1.82) is 0 Å². The number of hydrogen-bond donors (Lipinski definition) is 2. The summed E-state index contributed by atoms with van der Waals surface area (Å²) in [6.07, 6.45) is 0. The highest BCUT2D eigenvalue weighted by molar-refractivity contribution is 6.08. The number of carboxylic acids is 1. The van der Waals surface area contributed by atoms with E-state index in [1.807, 2.05) is 0 Å². The first-order valence-electron chi connectivity index (χ1n) is 6.45. The number of nitrogens with zero attached hydrogens (tertiary/aromatic N) is 2. The summed E-state index contributed by atoms with van der Waals surface area (Å²) in [5.74, 6) is -3.68. The third-order valence-electron chi connectivity index (χ3n) is 3.41. The molecule has 0 aromatic heterocycles. The van der Waals surface area contributed by atoms with Gasteiger partial charge < -0.3 is 15.1 Å². The molecule has 0 saturated heterocycles. The molecule has 1 aliphatic rings. The van der Waals surface area contributed by atoms with Crippen molar-refractivity contribution in [3.05, 3.63) is 51.3 Å². The molecule has 0 saturated carbocycles. The molecule has 1 aliphatic heterocycles. The summed E-state index contributed by atoms with van der Waals surface area (Å²) in [6.45, 7) is 0.419. The Hall–Kier alpha value is -3.23. The second-order valence-corrected chi connectivity index (χ2v) is 4.90. The zero-order chi connectivity index (χ0) is 17.3. The number of benzene rings is 1. The normalized spacial score (nSPS) is 17.5. The molecular formula is C14H12N2O7. The van der Waals surface area contributed by atoms with Crippen molar-refractivity contribution in [3.8, 4) is 0 Å². The molecule has 0 aliphatic carbocycles. The van der Waals surface area contributed by atoms with E-state index < -0.39 is 40.9 Å². The summed E-state index contributed by atoms with van der Waals surface area (Å²) in [5.41, 5.74) is -0.134. The lowest BCUT2D eigenvalue weighted by Gasteiger charge is -2.24. The molecule has 1 heterocycles. The third-order valence-corrected chi connectivity index (χ3v) is 3.41. The van der Waals surface area contributed by atoms with Gasteiger partial charge >= 0.3 is 5.97 Å². The Morgan fingerprint density at radius 3 is 2.30 bits per heavy atom. The van der Waals surface area contributed by atoms with Gasteiger partial charge in [0, 0.05) is 12.1 Å². The summed E-state index contributed by atoms with van der Waals surface area (Å²) in [6, 6.07) is 3.87. The predicted octanol–water partition coefficient (Wildman–Crippen LogP) is 0.964. The van der Waals surface area contributed by atoms with E-state index in [4.69, 9.17) is 5.11 Å². The lowest BCUT2D eigenvalue weighted by Crippen LogP contribution is -2.35. The molecule has 0 radical (unpaired) electrons. The first-order valence-corrected chi connectivity index (χ1v) is 6.45. The fourth-order valence-corrected chi connectivity index (χ4v) is 2.45. The number of aliphatic hydroxyl groups excluding tert-OH is 1. The van der Waals surface area contributed by atoms with Crippen LogP contribution in [0.15, 0.2) is 35.6 Å². The minimum atomic E-state index is -1.32. The van der Waals surface area contributed by atoms with Crippen molar-refractivity contribution < 1.29 is 29.5 Å². The Labute approximate surface area is 129 Å². The molecule has 120 valence electrons. The van der Waals surface area contributed by atoms with Crippen molar-refractivity contribution >= 4 is 23.3 Å². The van der Waals surface area contributed by atoms with E-state index in [9.17, 15) is 29.6 Å². The highest BCUT2D eigenvalue weighted by Gasteiger charge is 2.43. The van der Waals surface area contributed by atoms with E-state index in [2.05, 4.69) is 0 Å². The zero-order valence-corrected chi connectivity index (χ0v) is 11.9. The van der Waals surface area contributed by atoms with Gasteiger partial charge in [0.15, 0.2) is 11.5 Å². The van der Waals surface area contributed by atoms with Crippen LogP contribution in [0.2, 0.25) is 0 Å². The molecule has 1 aromatic carbocycles. The lowest BCUT2D eigenvalue weighted by atomic mass is 9.96. The van der Waals surface area contributed by atoms with E-state index in [0.29, 0.717) is 5.56 Å². The molecule has 2 N–H and O–H groups in total. The van der Waals surface area contributed by atoms with Gasteiger partial charge in [-0.25, -0.2) is 0 Å². The Balaban J connectivity index is 2.52. The summed E-state index contributed by atoms with van der Waals surface area (Å²) in [5, 5.41) is 29.4. The monoisotopic (exact) mass is 320 g/mol. The van der Waals surface area contributed by atoms with Crippen LogP contribution in [0.25, 0.3) is 0 Å². The molecule has 0 fully saturated rings. The van der Waals surface area contributed by atoms with Crippen molar-refractivity contribution in [2.45, 2.75) is 13.0 Å². The lowest BCUT2D eigenvalue weighted by molar-refractivity contribution is -0.384. The number of aliphatic hydroxyl groups is 1. The fraction of sp³-hybridized carbons (Fsp3) is 0.214. The zero-order valence-electron chi connectivity index (χ0n) is 11.9. The van der Waals surface area contributed by atoms with Crippen molar-refractivity contribution in [3.63, 3.8) is 0 Å². The smallest absolute Gasteiger partial charge is 0.323 e. The average Bonchev–Trinajstić information content (AvgIpc) is 2.71. The van der Waals surface area contributed by atoms with Gasteiger partial charge in [0.05, 0.1) is 16.5 Å². The predicted molar refractivity (Wildman–Crippen MR) is 75.5 cm³/mol. The summed E-state index contributed by atoms with van der Waals surface area (Å²) in [4.78, 5) is 45.6. The van der Waals surface area contributed by atoms with Gasteiger partial charge in [-0.15, -0.1) is 0 Å². The third kappa shape index (κ3) is 2.89. The second kappa shape index (κ2) is 5.87. The molecule has 0 bridgehead atoms. The van der Waals surface area contributed by atoms with Gasteiger partial charge in [0.2, 0.25) is 0 Å². The van der Waals surface area contributed by atoms with Gasteiger partial charge in [0.1, 0.15) is 6.54 Å². The second-order valence-electron chi connectivity index (χ2n) is 4.90. The minimum absolute atomic E-state index is 0.194. The molecule has 1 atom stereocenters. The highest BCUT2D eigenvalue weighted by Crippen LogP contribution is 2.37. The van der Waals surface area contributed by atoms with Crippen LogP contribution in [0.1, 0.15) is 18.5 Å². The number of ketones is 1. The van der Waals surface area contributed by atoms with Gasteiger partial charge in [-0.2, -0.15) is 0 Å². The van der Waals surface area contributed by atoms with Gasteiger partial charge in [-0.05, 0) is 24.6 Å². The quantitative estimate of drug-likeness (QED) is 0.608. The van der Waals surface area contributed by atoms with Crippen LogP contribution in [0, 0.1) is 10.1 Å². The summed E-state index contributed by atoms with van der Waals surface area (Å²) in [7, 11) is 0. The molecule has 2 rings (SSSR count). The number of carbonyl (C=O) groups excluding carboxylic acids is 2. The number of rotatable bonds is 5. The topological polar surface area (TPSA) is 138 Å².